The Balaban J connectivity index is 2.11. The van der Waals surface area contributed by atoms with Gasteiger partial charge < -0.3 is 10.5 Å². The number of benzene rings is 1. The van der Waals surface area contributed by atoms with Gasteiger partial charge in [0.25, 0.3) is 0 Å². The molecule has 0 bridgehead atoms. The van der Waals surface area contributed by atoms with Gasteiger partial charge in [0.05, 0.1) is 6.61 Å². The largest absolute Gasteiger partial charge is 0.380 e. The van der Waals surface area contributed by atoms with Crippen LogP contribution in [0, 0.1) is 0 Å². The van der Waals surface area contributed by atoms with Crippen molar-refractivity contribution in [1.82, 2.24) is 4.90 Å². The van der Waals surface area contributed by atoms with Crippen molar-refractivity contribution in [3.63, 3.8) is 0 Å². The summed E-state index contributed by atoms with van der Waals surface area (Å²) in [5, 5.41) is 0. The third kappa shape index (κ3) is 3.98. The van der Waals surface area contributed by atoms with Crippen LogP contribution in [0.1, 0.15) is 31.0 Å². The van der Waals surface area contributed by atoms with Crippen molar-refractivity contribution in [1.29, 1.82) is 0 Å². The zero-order valence-corrected chi connectivity index (χ0v) is 13.6. The number of nitrogens with zero attached hydrogens (tertiary/aromatic N) is 1. The van der Waals surface area contributed by atoms with Crippen molar-refractivity contribution in [3.8, 4) is 0 Å². The topological polar surface area (TPSA) is 38.5 Å². The lowest BCUT2D eigenvalue weighted by Gasteiger charge is -2.41. The van der Waals surface area contributed by atoms with Crippen LogP contribution in [0.5, 0.6) is 0 Å². The number of hydrogen-bond donors (Lipinski definition) is 1. The minimum atomic E-state index is 0.321. The number of methoxy groups -OCH3 is 1. The molecule has 0 amide bonds. The monoisotopic (exact) mass is 294 g/mol. The summed E-state index contributed by atoms with van der Waals surface area (Å²) in [6, 6.07) is 9.00. The molecule has 1 aliphatic heterocycles. The van der Waals surface area contributed by atoms with Gasteiger partial charge in [-0.3, -0.25) is 4.90 Å². The van der Waals surface area contributed by atoms with E-state index >= 15 is 0 Å². The molecule has 0 aliphatic carbocycles. The predicted molar refractivity (Wildman–Crippen MR) is 87.1 cm³/mol. The molecule has 1 unspecified atom stereocenters. The average Bonchev–Trinajstić information content (AvgIpc) is 2.41. The van der Waals surface area contributed by atoms with E-state index in [0.29, 0.717) is 23.9 Å². The maximum absolute atomic E-state index is 6.05. The molecular formula is C16H26N2OS. The van der Waals surface area contributed by atoms with Gasteiger partial charge >= 0.3 is 0 Å². The van der Waals surface area contributed by atoms with Gasteiger partial charge in [0.15, 0.2) is 0 Å². The zero-order valence-electron chi connectivity index (χ0n) is 12.8. The molecule has 1 aliphatic rings. The Labute approximate surface area is 126 Å². The lowest BCUT2D eigenvalue weighted by Crippen LogP contribution is -2.46. The third-order valence-corrected chi connectivity index (χ3v) is 5.09. The highest BCUT2D eigenvalue weighted by Gasteiger charge is 2.31. The lowest BCUT2D eigenvalue weighted by atomic mass is 10.0. The zero-order chi connectivity index (χ0) is 14.6. The first kappa shape index (κ1) is 15.8. The summed E-state index contributed by atoms with van der Waals surface area (Å²) >= 11 is 2.06. The van der Waals surface area contributed by atoms with Crippen LogP contribution in [0.25, 0.3) is 0 Å². The van der Waals surface area contributed by atoms with Crippen molar-refractivity contribution >= 4 is 11.8 Å². The smallest absolute Gasteiger partial charge is 0.0713 e. The summed E-state index contributed by atoms with van der Waals surface area (Å²) in [6.07, 6.45) is 0. The Kier molecular flexibility index (Phi) is 5.49. The van der Waals surface area contributed by atoms with Gasteiger partial charge in [0.1, 0.15) is 0 Å². The second-order valence-electron chi connectivity index (χ2n) is 6.00. The molecule has 0 radical (unpaired) electrons. The van der Waals surface area contributed by atoms with Gasteiger partial charge in [-0.25, -0.2) is 0 Å². The number of ether oxygens (including phenoxy) is 1. The molecule has 0 aromatic heterocycles. The number of rotatable bonds is 5. The quantitative estimate of drug-likeness (QED) is 0.906. The fourth-order valence-corrected chi connectivity index (χ4v) is 3.95. The third-order valence-electron chi connectivity index (χ3n) is 3.79. The van der Waals surface area contributed by atoms with E-state index in [2.05, 4.69) is 54.8 Å². The number of hydrogen-bond acceptors (Lipinski definition) is 4. The highest BCUT2D eigenvalue weighted by Crippen LogP contribution is 2.33. The van der Waals surface area contributed by atoms with E-state index in [1.165, 1.54) is 16.9 Å². The lowest BCUT2D eigenvalue weighted by molar-refractivity contribution is 0.184. The Morgan fingerprint density at radius 2 is 2.05 bits per heavy atom. The first-order valence-electron chi connectivity index (χ1n) is 7.21. The summed E-state index contributed by atoms with van der Waals surface area (Å²) < 4.78 is 5.48. The molecule has 2 N–H and O–H groups in total. The van der Waals surface area contributed by atoms with Crippen LogP contribution < -0.4 is 5.73 Å². The van der Waals surface area contributed by atoms with Crippen molar-refractivity contribution in [2.24, 2.45) is 5.73 Å². The minimum absolute atomic E-state index is 0.321. The van der Waals surface area contributed by atoms with Gasteiger partial charge in [0, 0.05) is 43.3 Å². The normalized spacial score (nSPS) is 20.8. The highest BCUT2D eigenvalue weighted by molar-refractivity contribution is 8.00. The first-order chi connectivity index (χ1) is 9.55. The standard InChI is InChI=1S/C16H26N2OS/c1-16(2)12-18(8-9-20-16)15(10-17)14-6-4-13(5-7-14)11-19-3/h4-7,15H,8-12,17H2,1-3H3. The van der Waals surface area contributed by atoms with Gasteiger partial charge in [-0.15, -0.1) is 0 Å². The molecule has 1 aromatic rings. The molecule has 3 nitrogen and oxygen atoms in total. The SMILES string of the molecule is COCc1ccc(C(CN)N2CCSC(C)(C)C2)cc1. The molecule has 1 fully saturated rings. The van der Waals surface area contributed by atoms with Crippen LogP contribution in [-0.4, -0.2) is 42.1 Å². The van der Waals surface area contributed by atoms with E-state index in [0.717, 1.165) is 13.1 Å². The molecule has 1 aromatic carbocycles. The summed E-state index contributed by atoms with van der Waals surface area (Å²) in [5.74, 6) is 1.19. The van der Waals surface area contributed by atoms with Crippen molar-refractivity contribution in [3.05, 3.63) is 35.4 Å². The van der Waals surface area contributed by atoms with E-state index in [4.69, 9.17) is 10.5 Å². The van der Waals surface area contributed by atoms with Gasteiger partial charge in [-0.1, -0.05) is 24.3 Å². The van der Waals surface area contributed by atoms with Crippen LogP contribution in [0.2, 0.25) is 0 Å². The average molecular weight is 294 g/mol. The number of nitrogens with two attached hydrogens (primary N) is 1. The molecule has 4 heteroatoms. The maximum Gasteiger partial charge on any atom is 0.0713 e. The number of thioether (sulfide) groups is 1. The summed E-state index contributed by atoms with van der Waals surface area (Å²) in [4.78, 5) is 2.53. The van der Waals surface area contributed by atoms with E-state index in [9.17, 15) is 0 Å². The first-order valence-corrected chi connectivity index (χ1v) is 8.20. The predicted octanol–water partition coefficient (Wildman–Crippen LogP) is 2.66. The summed E-state index contributed by atoms with van der Waals surface area (Å²) in [7, 11) is 1.73. The van der Waals surface area contributed by atoms with Crippen molar-refractivity contribution < 1.29 is 4.74 Å². The van der Waals surface area contributed by atoms with Crippen molar-refractivity contribution in [2.45, 2.75) is 31.2 Å². The molecule has 0 saturated carbocycles. The Morgan fingerprint density at radius 3 is 2.60 bits per heavy atom. The van der Waals surface area contributed by atoms with Gasteiger partial charge in [0.2, 0.25) is 0 Å². The molecule has 1 saturated heterocycles. The van der Waals surface area contributed by atoms with E-state index < -0.39 is 0 Å². The maximum atomic E-state index is 6.05. The minimum Gasteiger partial charge on any atom is -0.380 e. The molecule has 20 heavy (non-hydrogen) atoms. The molecule has 0 spiro atoms. The second kappa shape index (κ2) is 6.94. The summed E-state index contributed by atoms with van der Waals surface area (Å²) in [5.41, 5.74) is 8.57. The molecule has 112 valence electrons. The fraction of sp³-hybridized carbons (Fsp3) is 0.625. The van der Waals surface area contributed by atoms with Crippen LogP contribution in [0.15, 0.2) is 24.3 Å². The van der Waals surface area contributed by atoms with E-state index in [-0.39, 0.29) is 0 Å². The van der Waals surface area contributed by atoms with Crippen LogP contribution in [-0.2, 0) is 11.3 Å². The van der Waals surface area contributed by atoms with Gasteiger partial charge in [-0.05, 0) is 25.0 Å². The molecule has 1 atom stereocenters. The second-order valence-corrected chi connectivity index (χ2v) is 7.81. The van der Waals surface area contributed by atoms with E-state index in [1.807, 2.05) is 0 Å². The Morgan fingerprint density at radius 1 is 1.35 bits per heavy atom. The van der Waals surface area contributed by atoms with E-state index in [1.54, 1.807) is 7.11 Å². The summed E-state index contributed by atoms with van der Waals surface area (Å²) in [6.45, 7) is 8.19. The molecule has 2 rings (SSSR count). The van der Waals surface area contributed by atoms with Crippen LogP contribution in [0.3, 0.4) is 0 Å². The van der Waals surface area contributed by atoms with Crippen molar-refractivity contribution in [2.75, 3.05) is 32.5 Å². The Hall–Kier alpha value is -0.550. The van der Waals surface area contributed by atoms with Crippen LogP contribution in [0.4, 0.5) is 0 Å². The Bertz CT molecular complexity index is 419. The van der Waals surface area contributed by atoms with Gasteiger partial charge in [-0.2, -0.15) is 11.8 Å². The fourth-order valence-electron chi connectivity index (χ4n) is 2.82. The highest BCUT2D eigenvalue weighted by atomic mass is 32.2. The molecular weight excluding hydrogens is 268 g/mol. The molecule has 1 heterocycles. The van der Waals surface area contributed by atoms with Crippen LogP contribution >= 0.6 is 11.8 Å².